The summed E-state index contributed by atoms with van der Waals surface area (Å²) in [6.07, 6.45) is 2.77. The minimum absolute atomic E-state index is 0.0246. The van der Waals surface area contributed by atoms with Crippen molar-refractivity contribution in [1.29, 1.82) is 0 Å². The molecule has 1 unspecified atom stereocenters. The molecule has 1 atom stereocenters. The molecule has 0 saturated carbocycles. The number of fused-ring (bicyclic) bond motifs is 1. The van der Waals surface area contributed by atoms with Gasteiger partial charge in [0.15, 0.2) is 0 Å². The molecular formula is C14H15BrN2O2. The molecule has 2 aromatic rings. The highest BCUT2D eigenvalue weighted by molar-refractivity contribution is 9.10. The van der Waals surface area contributed by atoms with Gasteiger partial charge in [0.05, 0.1) is 18.2 Å². The molecule has 0 bridgehead atoms. The topological polar surface area (TPSA) is 43.3 Å². The Hall–Kier alpha value is -1.33. The van der Waals surface area contributed by atoms with Crippen LogP contribution in [0.5, 0.6) is 0 Å². The first-order chi connectivity index (χ1) is 9.15. The zero-order chi connectivity index (χ0) is 13.4. The van der Waals surface area contributed by atoms with Gasteiger partial charge in [-0.3, -0.25) is 4.79 Å². The number of carbonyl (C=O) groups excluding carboxylic acids is 1. The van der Waals surface area contributed by atoms with Crippen LogP contribution >= 0.6 is 15.9 Å². The first kappa shape index (κ1) is 12.7. The number of rotatable bonds is 2. The van der Waals surface area contributed by atoms with Gasteiger partial charge >= 0.3 is 0 Å². The minimum Gasteiger partial charge on any atom is -0.379 e. The fraction of sp³-hybridized carbons (Fsp3) is 0.357. The van der Waals surface area contributed by atoms with E-state index in [2.05, 4.69) is 21.2 Å². The van der Waals surface area contributed by atoms with E-state index in [1.807, 2.05) is 36.0 Å². The van der Waals surface area contributed by atoms with Crippen molar-refractivity contribution >= 4 is 32.7 Å². The zero-order valence-electron chi connectivity index (χ0n) is 10.6. The van der Waals surface area contributed by atoms with Gasteiger partial charge < -0.3 is 14.6 Å². The van der Waals surface area contributed by atoms with Crippen LogP contribution in [0.1, 0.15) is 16.8 Å². The maximum Gasteiger partial charge on any atom is 0.253 e. The molecule has 1 aromatic carbocycles. The molecular weight excluding hydrogens is 308 g/mol. The lowest BCUT2D eigenvalue weighted by Gasteiger charge is -2.09. The van der Waals surface area contributed by atoms with Gasteiger partial charge in [-0.25, -0.2) is 0 Å². The number of amides is 1. The van der Waals surface area contributed by atoms with Gasteiger partial charge in [0.2, 0.25) is 0 Å². The molecule has 0 radical (unpaired) electrons. The summed E-state index contributed by atoms with van der Waals surface area (Å²) < 4.78 is 8.26. The fourth-order valence-corrected chi connectivity index (χ4v) is 2.80. The molecule has 3 rings (SSSR count). The second-order valence-electron chi connectivity index (χ2n) is 4.85. The summed E-state index contributed by atoms with van der Waals surface area (Å²) in [5.41, 5.74) is 1.76. The average Bonchev–Trinajstić information content (AvgIpc) is 2.98. The first-order valence-electron chi connectivity index (χ1n) is 6.28. The van der Waals surface area contributed by atoms with Gasteiger partial charge in [0, 0.05) is 35.2 Å². The standard InChI is InChI=1S/C14H15BrN2O2/c1-17-7-12(11-3-2-9(15)6-13(11)17)14(18)16-10-4-5-19-8-10/h2-3,6-7,10H,4-5,8H2,1H3,(H,16,18). The van der Waals surface area contributed by atoms with Crippen LogP contribution in [0.2, 0.25) is 0 Å². The van der Waals surface area contributed by atoms with Crippen LogP contribution in [0.4, 0.5) is 0 Å². The Labute approximate surface area is 119 Å². The van der Waals surface area contributed by atoms with E-state index in [9.17, 15) is 4.79 Å². The lowest BCUT2D eigenvalue weighted by Crippen LogP contribution is -2.34. The van der Waals surface area contributed by atoms with E-state index in [-0.39, 0.29) is 11.9 Å². The minimum atomic E-state index is -0.0246. The Morgan fingerprint density at radius 2 is 2.37 bits per heavy atom. The fourth-order valence-electron chi connectivity index (χ4n) is 2.45. The third-order valence-corrected chi connectivity index (χ3v) is 3.96. The highest BCUT2D eigenvalue weighted by Gasteiger charge is 2.20. The van der Waals surface area contributed by atoms with Crippen LogP contribution in [-0.4, -0.2) is 29.7 Å². The van der Waals surface area contributed by atoms with Gasteiger partial charge in [-0.2, -0.15) is 0 Å². The molecule has 0 aliphatic carbocycles. The third-order valence-electron chi connectivity index (χ3n) is 3.46. The van der Waals surface area contributed by atoms with Crippen molar-refractivity contribution < 1.29 is 9.53 Å². The van der Waals surface area contributed by atoms with Crippen LogP contribution in [0, 0.1) is 0 Å². The number of nitrogens with one attached hydrogen (secondary N) is 1. The Morgan fingerprint density at radius 3 is 3.11 bits per heavy atom. The normalized spacial score (nSPS) is 18.9. The van der Waals surface area contributed by atoms with E-state index in [0.29, 0.717) is 6.61 Å². The van der Waals surface area contributed by atoms with E-state index in [0.717, 1.165) is 34.0 Å². The smallest absolute Gasteiger partial charge is 0.253 e. The number of hydrogen-bond acceptors (Lipinski definition) is 2. The van der Waals surface area contributed by atoms with Crippen molar-refractivity contribution in [3.8, 4) is 0 Å². The molecule has 1 saturated heterocycles. The van der Waals surface area contributed by atoms with E-state index in [4.69, 9.17) is 4.74 Å². The van der Waals surface area contributed by atoms with Crippen molar-refractivity contribution in [2.24, 2.45) is 7.05 Å². The number of aromatic nitrogens is 1. The molecule has 1 amide bonds. The van der Waals surface area contributed by atoms with Crippen LogP contribution < -0.4 is 5.32 Å². The number of halogens is 1. The Balaban J connectivity index is 1.93. The predicted molar refractivity (Wildman–Crippen MR) is 77.3 cm³/mol. The quantitative estimate of drug-likeness (QED) is 0.923. The number of ether oxygens (including phenoxy) is 1. The summed E-state index contributed by atoms with van der Waals surface area (Å²) in [5.74, 6) is -0.0246. The summed E-state index contributed by atoms with van der Waals surface area (Å²) in [6, 6.07) is 6.08. The predicted octanol–water partition coefficient (Wildman–Crippen LogP) is 2.46. The van der Waals surface area contributed by atoms with Crippen LogP contribution in [0.25, 0.3) is 10.9 Å². The SMILES string of the molecule is Cn1cc(C(=O)NC2CCOC2)c2ccc(Br)cc21. The molecule has 2 heterocycles. The van der Waals surface area contributed by atoms with Crippen molar-refractivity contribution in [2.45, 2.75) is 12.5 Å². The summed E-state index contributed by atoms with van der Waals surface area (Å²) in [4.78, 5) is 12.3. The monoisotopic (exact) mass is 322 g/mol. The second-order valence-corrected chi connectivity index (χ2v) is 5.76. The Morgan fingerprint density at radius 1 is 1.53 bits per heavy atom. The van der Waals surface area contributed by atoms with Crippen molar-refractivity contribution in [2.75, 3.05) is 13.2 Å². The summed E-state index contributed by atoms with van der Waals surface area (Å²) in [6.45, 7) is 1.34. The number of hydrogen-bond donors (Lipinski definition) is 1. The van der Waals surface area contributed by atoms with Crippen molar-refractivity contribution in [1.82, 2.24) is 9.88 Å². The van der Waals surface area contributed by atoms with E-state index in [1.54, 1.807) is 0 Å². The van der Waals surface area contributed by atoms with Crippen LogP contribution in [-0.2, 0) is 11.8 Å². The molecule has 1 aromatic heterocycles. The van der Waals surface area contributed by atoms with E-state index in [1.165, 1.54) is 0 Å². The lowest BCUT2D eigenvalue weighted by molar-refractivity contribution is 0.0931. The molecule has 1 aliphatic rings. The molecule has 5 heteroatoms. The average molecular weight is 323 g/mol. The molecule has 1 fully saturated rings. The highest BCUT2D eigenvalue weighted by Crippen LogP contribution is 2.24. The van der Waals surface area contributed by atoms with Gasteiger partial charge in [0.25, 0.3) is 5.91 Å². The number of benzene rings is 1. The maximum absolute atomic E-state index is 12.3. The highest BCUT2D eigenvalue weighted by atomic mass is 79.9. The maximum atomic E-state index is 12.3. The second kappa shape index (κ2) is 4.98. The third kappa shape index (κ3) is 2.40. The van der Waals surface area contributed by atoms with Crippen LogP contribution in [0.15, 0.2) is 28.9 Å². The van der Waals surface area contributed by atoms with Gasteiger partial charge in [0.1, 0.15) is 0 Å². The molecule has 100 valence electrons. The summed E-state index contributed by atoms with van der Waals surface area (Å²) in [5, 5.41) is 4.00. The van der Waals surface area contributed by atoms with Gasteiger partial charge in [-0.15, -0.1) is 0 Å². The largest absolute Gasteiger partial charge is 0.379 e. The summed E-state index contributed by atoms with van der Waals surface area (Å²) in [7, 11) is 1.95. The first-order valence-corrected chi connectivity index (χ1v) is 7.07. The number of nitrogens with zero attached hydrogens (tertiary/aromatic N) is 1. The Bertz CT molecular complexity index is 630. The van der Waals surface area contributed by atoms with Gasteiger partial charge in [-0.05, 0) is 18.6 Å². The Kier molecular flexibility index (Phi) is 3.33. The van der Waals surface area contributed by atoms with Crippen molar-refractivity contribution in [3.05, 3.63) is 34.4 Å². The molecule has 1 aliphatic heterocycles. The number of aryl methyl sites for hydroxylation is 1. The molecule has 19 heavy (non-hydrogen) atoms. The van der Waals surface area contributed by atoms with E-state index >= 15 is 0 Å². The molecule has 1 N–H and O–H groups in total. The van der Waals surface area contributed by atoms with Crippen molar-refractivity contribution in [3.63, 3.8) is 0 Å². The van der Waals surface area contributed by atoms with Gasteiger partial charge in [-0.1, -0.05) is 22.0 Å². The van der Waals surface area contributed by atoms with Crippen LogP contribution in [0.3, 0.4) is 0 Å². The lowest BCUT2D eigenvalue weighted by atomic mass is 10.1. The molecule has 4 nitrogen and oxygen atoms in total. The molecule has 0 spiro atoms. The zero-order valence-corrected chi connectivity index (χ0v) is 12.2. The number of carbonyl (C=O) groups is 1. The van der Waals surface area contributed by atoms with E-state index < -0.39 is 0 Å². The summed E-state index contributed by atoms with van der Waals surface area (Å²) >= 11 is 3.45.